The van der Waals surface area contributed by atoms with E-state index in [2.05, 4.69) is 4.98 Å². The average Bonchev–Trinajstić information content (AvgIpc) is 2.69. The van der Waals surface area contributed by atoms with Crippen LogP contribution in [0.25, 0.3) is 5.65 Å². The van der Waals surface area contributed by atoms with Crippen molar-refractivity contribution in [3.05, 3.63) is 45.8 Å². The van der Waals surface area contributed by atoms with Gasteiger partial charge in [-0.15, -0.1) is 0 Å². The van der Waals surface area contributed by atoms with E-state index in [1.165, 1.54) is 28.9 Å². The van der Waals surface area contributed by atoms with E-state index in [1.54, 1.807) is 11.1 Å². The molecule has 0 aliphatic carbocycles. The molecule has 6 heteroatoms. The van der Waals surface area contributed by atoms with Gasteiger partial charge in [0, 0.05) is 32.6 Å². The lowest BCUT2D eigenvalue weighted by atomic mass is 10.3. The van der Waals surface area contributed by atoms with Gasteiger partial charge in [-0.2, -0.15) is 0 Å². The number of halogens is 2. The van der Waals surface area contributed by atoms with Crippen LogP contribution in [0.3, 0.4) is 0 Å². The van der Waals surface area contributed by atoms with Crippen LogP contribution in [0.2, 0.25) is 0 Å². The first-order valence-corrected chi connectivity index (χ1v) is 6.28. The molecule has 0 amide bonds. The summed E-state index contributed by atoms with van der Waals surface area (Å²) in [5.41, 5.74) is 0.930. The third-order valence-corrected chi connectivity index (χ3v) is 3.10. The zero-order valence-corrected chi connectivity index (χ0v) is 12.1. The maximum atomic E-state index is 13.3. The van der Waals surface area contributed by atoms with E-state index in [0.29, 0.717) is 14.9 Å². The van der Waals surface area contributed by atoms with Crippen molar-refractivity contribution in [2.75, 3.05) is 14.1 Å². The van der Waals surface area contributed by atoms with Crippen molar-refractivity contribution in [2.45, 2.75) is 0 Å². The van der Waals surface area contributed by atoms with Gasteiger partial charge in [-0.05, 0) is 28.7 Å². The van der Waals surface area contributed by atoms with Gasteiger partial charge in [0.05, 0.1) is 9.77 Å². The molecule has 2 aromatic heterocycles. The third-order valence-electron chi connectivity index (χ3n) is 2.30. The molecule has 0 bridgehead atoms. The zero-order chi connectivity index (χ0) is 13.3. The van der Waals surface area contributed by atoms with Crippen LogP contribution in [0, 0.1) is 9.39 Å². The molecule has 2 heterocycles. The molecule has 0 aromatic carbocycles. The Kier molecular flexibility index (Phi) is 3.65. The highest BCUT2D eigenvalue weighted by molar-refractivity contribution is 14.1. The molecule has 4 nitrogen and oxygen atoms in total. The molecule has 2 aromatic rings. The van der Waals surface area contributed by atoms with Crippen LogP contribution < -0.4 is 0 Å². The van der Waals surface area contributed by atoms with Crippen LogP contribution in [-0.4, -0.2) is 34.2 Å². The number of pyridine rings is 1. The van der Waals surface area contributed by atoms with Crippen molar-refractivity contribution in [3.8, 4) is 0 Å². The van der Waals surface area contributed by atoms with Crippen LogP contribution in [0.15, 0.2) is 30.7 Å². The van der Waals surface area contributed by atoms with Gasteiger partial charge in [-0.1, -0.05) is 0 Å². The summed E-state index contributed by atoms with van der Waals surface area (Å²) in [7, 11) is 3.64. The largest absolute Gasteiger partial charge is 0.383 e. The Labute approximate surface area is 117 Å². The molecule has 18 heavy (non-hydrogen) atoms. The summed E-state index contributed by atoms with van der Waals surface area (Å²) in [6, 6.07) is 1.38. The number of allylic oxidation sites excluding steroid dienone is 1. The second kappa shape index (κ2) is 5.05. The normalized spacial score (nSPS) is 11.3. The fourth-order valence-corrected chi connectivity index (χ4v) is 2.20. The minimum atomic E-state index is -0.393. The van der Waals surface area contributed by atoms with Crippen molar-refractivity contribution in [2.24, 2.45) is 0 Å². The number of imidazole rings is 1. The molecule has 0 aliphatic rings. The second-order valence-corrected chi connectivity index (χ2v) is 5.15. The van der Waals surface area contributed by atoms with E-state index in [9.17, 15) is 9.18 Å². The summed E-state index contributed by atoms with van der Waals surface area (Å²) >= 11 is 1.99. The highest BCUT2D eigenvalue weighted by Gasteiger charge is 2.12. The van der Waals surface area contributed by atoms with Gasteiger partial charge >= 0.3 is 0 Å². The highest BCUT2D eigenvalue weighted by atomic mass is 127. The first-order valence-electron chi connectivity index (χ1n) is 5.20. The lowest BCUT2D eigenvalue weighted by Crippen LogP contribution is -2.05. The molecule has 0 radical (unpaired) electrons. The first kappa shape index (κ1) is 13.0. The smallest absolute Gasteiger partial charge is 0.205 e. The van der Waals surface area contributed by atoms with Crippen LogP contribution in [0.5, 0.6) is 0 Å². The molecule has 0 spiro atoms. The summed E-state index contributed by atoms with van der Waals surface area (Å²) < 4.78 is 15.5. The van der Waals surface area contributed by atoms with E-state index in [-0.39, 0.29) is 5.78 Å². The molecule has 0 saturated heterocycles. The van der Waals surface area contributed by atoms with Gasteiger partial charge in [-0.25, -0.2) is 9.37 Å². The monoisotopic (exact) mass is 359 g/mol. The van der Waals surface area contributed by atoms with Gasteiger partial charge in [0.15, 0.2) is 5.65 Å². The number of fused-ring (bicyclic) bond motifs is 1. The Morgan fingerprint density at radius 2 is 2.28 bits per heavy atom. The molecule has 0 saturated carbocycles. The molecule has 0 aliphatic heterocycles. The summed E-state index contributed by atoms with van der Waals surface area (Å²) in [5.74, 6) is -0.604. The van der Waals surface area contributed by atoms with Crippen LogP contribution in [0.1, 0.15) is 10.5 Å². The van der Waals surface area contributed by atoms with Crippen LogP contribution >= 0.6 is 22.6 Å². The molecule has 0 unspecified atom stereocenters. The van der Waals surface area contributed by atoms with Crippen LogP contribution in [0.4, 0.5) is 4.39 Å². The predicted molar refractivity (Wildman–Crippen MR) is 75.0 cm³/mol. The Balaban J connectivity index is 2.49. The molecule has 94 valence electrons. The Hall–Kier alpha value is -1.44. The number of hydrogen-bond donors (Lipinski definition) is 0. The summed E-state index contributed by atoms with van der Waals surface area (Å²) in [6.45, 7) is 0. The zero-order valence-electron chi connectivity index (χ0n) is 9.89. The van der Waals surface area contributed by atoms with Gasteiger partial charge in [-0.3, -0.25) is 9.20 Å². The van der Waals surface area contributed by atoms with Crippen molar-refractivity contribution < 1.29 is 9.18 Å². The van der Waals surface area contributed by atoms with Crippen molar-refractivity contribution >= 4 is 34.0 Å². The molecule has 2 rings (SSSR count). The lowest BCUT2D eigenvalue weighted by molar-refractivity contribution is 0.104. The first-order chi connectivity index (χ1) is 8.49. The van der Waals surface area contributed by atoms with Gasteiger partial charge in [0.1, 0.15) is 11.5 Å². The number of ketones is 1. The maximum absolute atomic E-state index is 13.3. The fourth-order valence-electron chi connectivity index (χ4n) is 1.50. The fraction of sp³-hybridized carbons (Fsp3) is 0.167. The Morgan fingerprint density at radius 3 is 2.94 bits per heavy atom. The van der Waals surface area contributed by atoms with E-state index in [4.69, 9.17) is 0 Å². The average molecular weight is 359 g/mol. The highest BCUT2D eigenvalue weighted by Crippen LogP contribution is 2.16. The maximum Gasteiger partial charge on any atom is 0.205 e. The van der Waals surface area contributed by atoms with Crippen LogP contribution in [-0.2, 0) is 0 Å². The van der Waals surface area contributed by atoms with Crippen molar-refractivity contribution in [1.29, 1.82) is 0 Å². The number of carbonyl (C=O) groups excluding carboxylic acids is 1. The number of rotatable bonds is 3. The number of aromatic nitrogens is 2. The number of hydrogen-bond acceptors (Lipinski definition) is 3. The summed E-state index contributed by atoms with van der Waals surface area (Å²) in [5, 5.41) is 0. The van der Waals surface area contributed by atoms with Gasteiger partial charge in [0.25, 0.3) is 0 Å². The quantitative estimate of drug-likeness (QED) is 0.480. The minimum absolute atomic E-state index is 0.211. The third kappa shape index (κ3) is 2.53. The second-order valence-electron chi connectivity index (χ2n) is 3.99. The Morgan fingerprint density at radius 1 is 1.56 bits per heavy atom. The van der Waals surface area contributed by atoms with E-state index in [0.717, 1.165) is 0 Å². The predicted octanol–water partition coefficient (Wildman–Crippen LogP) is 2.34. The van der Waals surface area contributed by atoms with Crippen molar-refractivity contribution in [3.63, 3.8) is 0 Å². The molecular formula is C12H11FIN3O. The molecule has 0 fully saturated rings. The van der Waals surface area contributed by atoms with Gasteiger partial charge < -0.3 is 4.90 Å². The summed E-state index contributed by atoms with van der Waals surface area (Å²) in [6.07, 6.45) is 5.80. The van der Waals surface area contributed by atoms with Crippen molar-refractivity contribution in [1.82, 2.24) is 14.3 Å². The number of carbonyl (C=O) groups is 1. The summed E-state index contributed by atoms with van der Waals surface area (Å²) in [4.78, 5) is 17.8. The topological polar surface area (TPSA) is 37.6 Å². The lowest BCUT2D eigenvalue weighted by Gasteiger charge is -2.03. The molecule has 0 atom stereocenters. The van der Waals surface area contributed by atoms with E-state index in [1.807, 2.05) is 36.7 Å². The standard InChI is InChI=1S/C12H11FIN3O/c1-16(2)4-3-11(18)10-6-15-12-9(14)5-8(13)7-17(10)12/h3-7H,1-2H3. The minimum Gasteiger partial charge on any atom is -0.383 e. The number of nitrogens with zero attached hydrogens (tertiary/aromatic N) is 3. The Bertz CT molecular complexity index is 634. The van der Waals surface area contributed by atoms with E-state index < -0.39 is 5.82 Å². The molecule has 0 N–H and O–H groups in total. The molecular weight excluding hydrogens is 348 g/mol. The van der Waals surface area contributed by atoms with Gasteiger partial charge in [0.2, 0.25) is 5.78 Å². The SMILES string of the molecule is CN(C)C=CC(=O)c1cnc2c(I)cc(F)cn12. The van der Waals surface area contributed by atoms with E-state index >= 15 is 0 Å².